The summed E-state index contributed by atoms with van der Waals surface area (Å²) in [6.07, 6.45) is 3.19. The fraction of sp³-hybridized carbons (Fsp3) is 0.200. The second-order valence-corrected chi connectivity index (χ2v) is 4.56. The number of rotatable bonds is 1. The second-order valence-electron chi connectivity index (χ2n) is 3.00. The van der Waals surface area contributed by atoms with Gasteiger partial charge in [-0.05, 0) is 19.1 Å². The first kappa shape index (κ1) is 10.2. The normalized spacial score (nSPS) is 21.2. The topological polar surface area (TPSA) is 12.5 Å². The minimum absolute atomic E-state index is 0.0108. The number of hydroxylamine groups is 1. The summed E-state index contributed by atoms with van der Waals surface area (Å²) in [6, 6.07) is 8.01. The summed E-state index contributed by atoms with van der Waals surface area (Å²) in [4.78, 5) is 5.35. The first-order chi connectivity index (χ1) is 6.66. The third-order valence-corrected chi connectivity index (χ3v) is 2.88. The van der Waals surface area contributed by atoms with E-state index in [4.69, 9.17) is 4.84 Å². The van der Waals surface area contributed by atoms with Gasteiger partial charge in [-0.25, -0.2) is 0 Å². The van der Waals surface area contributed by atoms with Gasteiger partial charge in [-0.2, -0.15) is 4.09 Å². The van der Waals surface area contributed by atoms with Crippen LogP contribution in [0.1, 0.15) is 12.5 Å². The summed E-state index contributed by atoms with van der Waals surface area (Å²) < 4.78 is 2.61. The summed E-state index contributed by atoms with van der Waals surface area (Å²) in [5, 5.41) is 0. The standard InChI is InChI=1S/C10H8Br2NO/c1-7-5-10(13(12)14-7)8-3-2-4-9(11)6-8/h2-4,6-7H,1H3. The molecule has 0 N–H and O–H groups in total. The maximum absolute atomic E-state index is 5.35. The van der Waals surface area contributed by atoms with Crippen LogP contribution in [0.4, 0.5) is 0 Å². The molecule has 0 bridgehead atoms. The summed E-state index contributed by atoms with van der Waals surface area (Å²) in [5.41, 5.74) is 1.99. The minimum atomic E-state index is -0.0108. The smallest absolute Gasteiger partial charge is 0.111 e. The van der Waals surface area contributed by atoms with E-state index < -0.39 is 0 Å². The van der Waals surface area contributed by atoms with Crippen LogP contribution < -0.4 is 0 Å². The van der Waals surface area contributed by atoms with E-state index in [1.54, 1.807) is 4.09 Å². The highest BCUT2D eigenvalue weighted by Crippen LogP contribution is 2.30. The Kier molecular flexibility index (Phi) is 2.95. The molecule has 1 aliphatic heterocycles. The molecule has 1 aromatic carbocycles. The maximum atomic E-state index is 5.35. The van der Waals surface area contributed by atoms with Crippen molar-refractivity contribution >= 4 is 37.8 Å². The van der Waals surface area contributed by atoms with E-state index >= 15 is 0 Å². The number of hydrogen-bond acceptors (Lipinski definition) is 2. The molecule has 0 aliphatic carbocycles. The van der Waals surface area contributed by atoms with Crippen LogP contribution in [-0.4, -0.2) is 10.2 Å². The molecule has 1 unspecified atom stereocenters. The third kappa shape index (κ3) is 2.02. The van der Waals surface area contributed by atoms with Gasteiger partial charge in [0.2, 0.25) is 0 Å². The molecule has 0 saturated heterocycles. The molecule has 2 rings (SSSR count). The first-order valence-electron chi connectivity index (χ1n) is 4.19. The van der Waals surface area contributed by atoms with Crippen LogP contribution in [0.25, 0.3) is 5.70 Å². The summed E-state index contributed by atoms with van der Waals surface area (Å²) in [7, 11) is 0. The van der Waals surface area contributed by atoms with Gasteiger partial charge in [0.1, 0.15) is 6.10 Å². The highest BCUT2D eigenvalue weighted by Gasteiger charge is 2.21. The average Bonchev–Trinajstić information content (AvgIpc) is 2.45. The Balaban J connectivity index is 2.36. The van der Waals surface area contributed by atoms with Crippen molar-refractivity contribution in [3.05, 3.63) is 40.4 Å². The van der Waals surface area contributed by atoms with Crippen molar-refractivity contribution in [3.63, 3.8) is 0 Å². The molecule has 1 heterocycles. The number of benzene rings is 1. The summed E-state index contributed by atoms with van der Waals surface area (Å²) >= 11 is 6.73. The quantitative estimate of drug-likeness (QED) is 0.735. The number of nitrogens with zero attached hydrogens (tertiary/aromatic N) is 1. The largest absolute Gasteiger partial charge is 0.255 e. The lowest BCUT2D eigenvalue weighted by Gasteiger charge is -2.12. The molecule has 73 valence electrons. The van der Waals surface area contributed by atoms with E-state index in [9.17, 15) is 0 Å². The van der Waals surface area contributed by atoms with Gasteiger partial charge < -0.3 is 0 Å². The first-order valence-corrected chi connectivity index (χ1v) is 5.69. The fourth-order valence-corrected chi connectivity index (χ4v) is 2.24. The molecule has 0 aromatic heterocycles. The van der Waals surface area contributed by atoms with E-state index in [1.165, 1.54) is 0 Å². The van der Waals surface area contributed by atoms with Gasteiger partial charge in [-0.1, -0.05) is 28.1 Å². The highest BCUT2D eigenvalue weighted by molar-refractivity contribution is 9.10. The Morgan fingerprint density at radius 3 is 2.86 bits per heavy atom. The molecule has 1 radical (unpaired) electrons. The van der Waals surface area contributed by atoms with Gasteiger partial charge >= 0.3 is 0 Å². The Bertz CT molecular complexity index is 378. The second kappa shape index (κ2) is 4.04. The molecule has 14 heavy (non-hydrogen) atoms. The fourth-order valence-electron chi connectivity index (χ4n) is 1.28. The molecule has 2 nitrogen and oxygen atoms in total. The van der Waals surface area contributed by atoms with Crippen LogP contribution in [0.2, 0.25) is 0 Å². The van der Waals surface area contributed by atoms with Crippen LogP contribution in [-0.2, 0) is 4.84 Å². The van der Waals surface area contributed by atoms with E-state index in [0.717, 1.165) is 15.7 Å². The molecule has 1 aliphatic rings. The lowest BCUT2D eigenvalue weighted by molar-refractivity contribution is -0.0323. The zero-order valence-corrected chi connectivity index (χ0v) is 10.7. The van der Waals surface area contributed by atoms with Crippen molar-refractivity contribution in [2.75, 3.05) is 0 Å². The molecular formula is C10H8Br2NO. The molecule has 0 fully saturated rings. The zero-order chi connectivity index (χ0) is 10.1. The van der Waals surface area contributed by atoms with E-state index in [2.05, 4.69) is 38.2 Å². The van der Waals surface area contributed by atoms with Gasteiger partial charge in [0.05, 0.1) is 21.8 Å². The van der Waals surface area contributed by atoms with E-state index in [-0.39, 0.29) is 6.10 Å². The lowest BCUT2D eigenvalue weighted by atomic mass is 10.1. The number of halogens is 2. The van der Waals surface area contributed by atoms with Gasteiger partial charge in [-0.3, -0.25) is 4.84 Å². The molecular weight excluding hydrogens is 310 g/mol. The van der Waals surface area contributed by atoms with Crippen LogP contribution in [0.5, 0.6) is 0 Å². The van der Waals surface area contributed by atoms with Gasteiger partial charge in [0, 0.05) is 16.1 Å². The lowest BCUT2D eigenvalue weighted by Crippen LogP contribution is -2.07. The molecule has 0 spiro atoms. The molecule has 1 aromatic rings. The van der Waals surface area contributed by atoms with Crippen molar-refractivity contribution in [3.8, 4) is 0 Å². The van der Waals surface area contributed by atoms with Gasteiger partial charge in [-0.15, -0.1) is 0 Å². The summed E-state index contributed by atoms with van der Waals surface area (Å²) in [5.74, 6) is 0. The highest BCUT2D eigenvalue weighted by atomic mass is 79.9. The van der Waals surface area contributed by atoms with Gasteiger partial charge in [0.25, 0.3) is 0 Å². The third-order valence-electron chi connectivity index (χ3n) is 1.86. The van der Waals surface area contributed by atoms with Crippen LogP contribution in [0.3, 0.4) is 0 Å². The summed E-state index contributed by atoms with van der Waals surface area (Å²) in [6.45, 7) is 1.94. The molecule has 0 amide bonds. The van der Waals surface area contributed by atoms with Crippen LogP contribution >= 0.6 is 32.1 Å². The van der Waals surface area contributed by atoms with E-state index in [1.807, 2.05) is 31.2 Å². The predicted molar refractivity (Wildman–Crippen MR) is 62.1 cm³/mol. The maximum Gasteiger partial charge on any atom is 0.111 e. The van der Waals surface area contributed by atoms with Crippen LogP contribution in [0.15, 0.2) is 28.7 Å². The van der Waals surface area contributed by atoms with Crippen molar-refractivity contribution in [1.82, 2.24) is 4.09 Å². The van der Waals surface area contributed by atoms with Crippen molar-refractivity contribution < 1.29 is 4.84 Å². The van der Waals surface area contributed by atoms with Crippen molar-refractivity contribution in [2.45, 2.75) is 13.0 Å². The Morgan fingerprint density at radius 1 is 1.50 bits per heavy atom. The predicted octanol–water partition coefficient (Wildman–Crippen LogP) is 3.54. The Hall–Kier alpha value is -0.320. The average molecular weight is 318 g/mol. The minimum Gasteiger partial charge on any atom is -0.255 e. The van der Waals surface area contributed by atoms with Crippen molar-refractivity contribution in [1.29, 1.82) is 0 Å². The molecule has 1 atom stereocenters. The Labute approximate surface area is 100.0 Å². The van der Waals surface area contributed by atoms with E-state index in [0.29, 0.717) is 0 Å². The number of hydrogen-bond donors (Lipinski definition) is 0. The van der Waals surface area contributed by atoms with Gasteiger partial charge in [0.15, 0.2) is 0 Å². The monoisotopic (exact) mass is 316 g/mol. The molecule has 0 saturated carbocycles. The zero-order valence-electron chi connectivity index (χ0n) is 7.50. The SMILES string of the molecule is CC1[C]=C(c2cccc(Br)c2)N(Br)O1. The molecule has 4 heteroatoms. The van der Waals surface area contributed by atoms with Crippen LogP contribution in [0, 0.1) is 6.08 Å². The van der Waals surface area contributed by atoms with Crippen molar-refractivity contribution in [2.24, 2.45) is 0 Å². The Morgan fingerprint density at radius 2 is 2.29 bits per heavy atom.